The van der Waals surface area contributed by atoms with Gasteiger partial charge in [-0.15, -0.1) is 0 Å². The normalized spacial score (nSPS) is 11.8. The molecule has 0 atom stereocenters. The fourth-order valence-corrected chi connectivity index (χ4v) is 3.29. The van der Waals surface area contributed by atoms with E-state index in [1.165, 1.54) is 4.31 Å². The smallest absolute Gasteiger partial charge is 0.243 e. The van der Waals surface area contributed by atoms with Gasteiger partial charge in [-0.25, -0.2) is 8.42 Å². The fraction of sp³-hybridized carbons (Fsp3) is 0.400. The summed E-state index contributed by atoms with van der Waals surface area (Å²) in [6.45, 7) is 5.39. The average Bonchev–Trinajstić information content (AvgIpc) is 2.95. The van der Waals surface area contributed by atoms with Gasteiger partial charge in [-0.2, -0.15) is 9.40 Å². The van der Waals surface area contributed by atoms with Crippen molar-refractivity contribution < 1.29 is 13.2 Å². The van der Waals surface area contributed by atoms with Crippen LogP contribution in [0.5, 0.6) is 5.75 Å². The molecule has 22 heavy (non-hydrogen) atoms. The van der Waals surface area contributed by atoms with Gasteiger partial charge in [-0.05, 0) is 44.2 Å². The lowest BCUT2D eigenvalue weighted by atomic mass is 10.3. The second kappa shape index (κ2) is 6.93. The van der Waals surface area contributed by atoms with Gasteiger partial charge < -0.3 is 4.74 Å². The van der Waals surface area contributed by atoms with E-state index in [2.05, 4.69) is 5.10 Å². The summed E-state index contributed by atoms with van der Waals surface area (Å²) in [5.41, 5.74) is 0.861. The number of sulfonamides is 1. The largest absolute Gasteiger partial charge is 0.494 e. The Hall–Kier alpha value is -1.86. The van der Waals surface area contributed by atoms with Gasteiger partial charge in [0.2, 0.25) is 10.0 Å². The first kappa shape index (κ1) is 16.5. The first-order valence-corrected chi connectivity index (χ1v) is 8.63. The topological polar surface area (TPSA) is 64.4 Å². The molecular weight excluding hydrogens is 302 g/mol. The molecule has 0 aliphatic rings. The molecule has 0 spiro atoms. The highest BCUT2D eigenvalue weighted by Gasteiger charge is 2.22. The summed E-state index contributed by atoms with van der Waals surface area (Å²) in [5, 5.41) is 4.15. The number of ether oxygens (including phenoxy) is 1. The molecule has 0 fully saturated rings. The van der Waals surface area contributed by atoms with Gasteiger partial charge in [-0.3, -0.25) is 4.68 Å². The van der Waals surface area contributed by atoms with E-state index in [0.717, 1.165) is 5.69 Å². The fourth-order valence-electron chi connectivity index (χ4n) is 2.15. The van der Waals surface area contributed by atoms with Crippen LogP contribution < -0.4 is 4.74 Å². The van der Waals surface area contributed by atoms with Crippen molar-refractivity contribution in [2.24, 2.45) is 0 Å². The lowest BCUT2D eigenvalue weighted by Gasteiger charge is -2.18. The Morgan fingerprint density at radius 3 is 2.45 bits per heavy atom. The van der Waals surface area contributed by atoms with Gasteiger partial charge >= 0.3 is 0 Å². The summed E-state index contributed by atoms with van der Waals surface area (Å²) < 4.78 is 33.6. The van der Waals surface area contributed by atoms with Gasteiger partial charge in [-0.1, -0.05) is 0 Å². The highest BCUT2D eigenvalue weighted by atomic mass is 32.2. The molecule has 0 saturated heterocycles. The average molecular weight is 323 g/mol. The van der Waals surface area contributed by atoms with Crippen molar-refractivity contribution in [2.45, 2.75) is 31.8 Å². The Morgan fingerprint density at radius 2 is 1.86 bits per heavy atom. The van der Waals surface area contributed by atoms with Crippen LogP contribution in [0.2, 0.25) is 0 Å². The molecule has 0 aliphatic heterocycles. The zero-order valence-electron chi connectivity index (χ0n) is 13.1. The van der Waals surface area contributed by atoms with E-state index in [0.29, 0.717) is 18.9 Å². The number of hydrogen-bond donors (Lipinski definition) is 0. The number of rotatable bonds is 7. The van der Waals surface area contributed by atoms with Crippen molar-refractivity contribution in [3.8, 4) is 5.75 Å². The molecule has 120 valence electrons. The summed E-state index contributed by atoms with van der Waals surface area (Å²) in [6, 6.07) is 8.29. The molecule has 0 aliphatic carbocycles. The number of benzene rings is 1. The van der Waals surface area contributed by atoms with E-state index in [-0.39, 0.29) is 11.4 Å². The predicted molar refractivity (Wildman–Crippen MR) is 84.2 cm³/mol. The van der Waals surface area contributed by atoms with Crippen LogP contribution in [0.25, 0.3) is 0 Å². The van der Waals surface area contributed by atoms with Gasteiger partial charge in [0.1, 0.15) is 5.75 Å². The monoisotopic (exact) mass is 323 g/mol. The second-order valence-corrected chi connectivity index (χ2v) is 6.85. The Labute approximate surface area is 131 Å². The number of hydrogen-bond acceptors (Lipinski definition) is 4. The maximum absolute atomic E-state index is 12.6. The SMILES string of the molecule is CCOc1ccc(S(=O)(=O)N(C)Cc2ccnn2CC)cc1. The van der Waals surface area contributed by atoms with Crippen LogP contribution in [0.15, 0.2) is 41.4 Å². The van der Waals surface area contributed by atoms with Crippen molar-refractivity contribution in [3.05, 3.63) is 42.2 Å². The Balaban J connectivity index is 2.18. The molecule has 0 saturated carbocycles. The van der Waals surface area contributed by atoms with Gasteiger partial charge in [0.05, 0.1) is 23.7 Å². The van der Waals surface area contributed by atoms with Gasteiger partial charge in [0, 0.05) is 19.8 Å². The zero-order chi connectivity index (χ0) is 16.2. The van der Waals surface area contributed by atoms with E-state index >= 15 is 0 Å². The quantitative estimate of drug-likeness (QED) is 0.783. The van der Waals surface area contributed by atoms with Crippen LogP contribution >= 0.6 is 0 Å². The maximum atomic E-state index is 12.6. The zero-order valence-corrected chi connectivity index (χ0v) is 13.9. The van der Waals surface area contributed by atoms with E-state index < -0.39 is 10.0 Å². The minimum Gasteiger partial charge on any atom is -0.494 e. The Bertz CT molecular complexity index is 708. The summed E-state index contributed by atoms with van der Waals surface area (Å²) in [7, 11) is -1.97. The second-order valence-electron chi connectivity index (χ2n) is 4.80. The summed E-state index contributed by atoms with van der Waals surface area (Å²) in [6.07, 6.45) is 1.68. The highest BCUT2D eigenvalue weighted by Crippen LogP contribution is 2.20. The predicted octanol–water partition coefficient (Wildman–Crippen LogP) is 2.12. The highest BCUT2D eigenvalue weighted by molar-refractivity contribution is 7.89. The molecule has 0 unspecified atom stereocenters. The minimum absolute atomic E-state index is 0.251. The molecule has 6 nitrogen and oxygen atoms in total. The van der Waals surface area contributed by atoms with Crippen molar-refractivity contribution in [1.82, 2.24) is 14.1 Å². The van der Waals surface area contributed by atoms with E-state index in [1.54, 1.807) is 42.2 Å². The molecule has 0 radical (unpaired) electrons. The molecule has 1 aromatic carbocycles. The maximum Gasteiger partial charge on any atom is 0.243 e. The van der Waals surface area contributed by atoms with Crippen molar-refractivity contribution in [3.63, 3.8) is 0 Å². The third kappa shape index (κ3) is 3.48. The van der Waals surface area contributed by atoms with Crippen LogP contribution in [0, 0.1) is 0 Å². The molecule has 0 bridgehead atoms. The van der Waals surface area contributed by atoms with Crippen molar-refractivity contribution in [2.75, 3.05) is 13.7 Å². The van der Waals surface area contributed by atoms with E-state index in [1.807, 2.05) is 19.9 Å². The molecule has 0 N–H and O–H groups in total. The minimum atomic E-state index is -3.54. The third-order valence-electron chi connectivity index (χ3n) is 3.33. The Morgan fingerprint density at radius 1 is 1.18 bits per heavy atom. The first-order chi connectivity index (χ1) is 10.5. The number of aryl methyl sites for hydroxylation is 1. The third-order valence-corrected chi connectivity index (χ3v) is 5.15. The molecular formula is C15H21N3O3S. The van der Waals surface area contributed by atoms with Crippen molar-refractivity contribution >= 4 is 10.0 Å². The summed E-state index contributed by atoms with van der Waals surface area (Å²) in [4.78, 5) is 0.251. The number of aromatic nitrogens is 2. The Kier molecular flexibility index (Phi) is 5.20. The van der Waals surface area contributed by atoms with E-state index in [4.69, 9.17) is 4.74 Å². The molecule has 1 heterocycles. The van der Waals surface area contributed by atoms with Crippen molar-refractivity contribution in [1.29, 1.82) is 0 Å². The summed E-state index contributed by atoms with van der Waals surface area (Å²) >= 11 is 0. The van der Waals surface area contributed by atoms with Crippen LogP contribution in [0.1, 0.15) is 19.5 Å². The molecule has 2 aromatic rings. The van der Waals surface area contributed by atoms with Crippen LogP contribution in [0.3, 0.4) is 0 Å². The van der Waals surface area contributed by atoms with Gasteiger partial charge in [0.25, 0.3) is 0 Å². The van der Waals surface area contributed by atoms with E-state index in [9.17, 15) is 8.42 Å². The molecule has 2 rings (SSSR count). The molecule has 1 aromatic heterocycles. The molecule has 7 heteroatoms. The standard InChI is InChI=1S/C15H21N3O3S/c1-4-18-13(10-11-16-18)12-17(3)22(19,20)15-8-6-14(7-9-15)21-5-2/h6-11H,4-5,12H2,1-3H3. The van der Waals surface area contributed by atoms with Gasteiger partial charge in [0.15, 0.2) is 0 Å². The van der Waals surface area contributed by atoms with Crippen LogP contribution in [0.4, 0.5) is 0 Å². The lowest BCUT2D eigenvalue weighted by Crippen LogP contribution is -2.27. The molecule has 0 amide bonds. The first-order valence-electron chi connectivity index (χ1n) is 7.19. The van der Waals surface area contributed by atoms with Crippen LogP contribution in [-0.4, -0.2) is 36.2 Å². The number of nitrogens with zero attached hydrogens (tertiary/aromatic N) is 3. The lowest BCUT2D eigenvalue weighted by molar-refractivity contribution is 0.340. The summed E-state index contributed by atoms with van der Waals surface area (Å²) in [5.74, 6) is 0.660. The van der Waals surface area contributed by atoms with Crippen LogP contribution in [-0.2, 0) is 23.1 Å².